The van der Waals surface area contributed by atoms with E-state index >= 15 is 0 Å². The standard InChI is InChI=1S/C18H27NO2S/c1-12-14-7-8-15(18(14,2)3)17(12)21-10-13(20)11-22-16-6-4-5-9-19-16/h4-6,9,12-15,17,20H,7-8,10-11H2,1-3H3/t12-,13-,14+,15+,17-/m0/s1. The number of aromatic nitrogens is 1. The van der Waals surface area contributed by atoms with Gasteiger partial charge in [0.1, 0.15) is 0 Å². The first-order valence-electron chi connectivity index (χ1n) is 8.33. The highest BCUT2D eigenvalue weighted by atomic mass is 32.2. The highest BCUT2D eigenvalue weighted by Crippen LogP contribution is 2.60. The van der Waals surface area contributed by atoms with Crippen molar-refractivity contribution in [2.24, 2.45) is 23.2 Å². The van der Waals surface area contributed by atoms with Crippen molar-refractivity contribution >= 4 is 11.8 Å². The monoisotopic (exact) mass is 321 g/mol. The molecule has 0 radical (unpaired) electrons. The van der Waals surface area contributed by atoms with E-state index in [1.807, 2.05) is 18.2 Å². The number of fused-ring (bicyclic) bond motifs is 2. The SMILES string of the molecule is C[C@@H]1[C@H](OC[C@H](O)CSc2ccccn2)[C@H]2CC[C@H]1C2(C)C. The molecule has 1 aromatic rings. The van der Waals surface area contributed by atoms with Gasteiger partial charge >= 0.3 is 0 Å². The van der Waals surface area contributed by atoms with E-state index < -0.39 is 6.10 Å². The molecule has 2 saturated carbocycles. The van der Waals surface area contributed by atoms with Crippen molar-refractivity contribution in [3.05, 3.63) is 24.4 Å². The summed E-state index contributed by atoms with van der Waals surface area (Å²) < 4.78 is 6.15. The molecule has 1 N–H and O–H groups in total. The van der Waals surface area contributed by atoms with E-state index in [2.05, 4.69) is 25.8 Å². The Hall–Kier alpha value is -0.580. The lowest BCUT2D eigenvalue weighted by Gasteiger charge is -2.29. The van der Waals surface area contributed by atoms with Crippen molar-refractivity contribution in [2.75, 3.05) is 12.4 Å². The molecule has 122 valence electrons. The number of ether oxygens (including phenoxy) is 1. The third-order valence-corrected chi connectivity index (χ3v) is 6.88. The van der Waals surface area contributed by atoms with E-state index in [9.17, 15) is 5.11 Å². The molecule has 0 spiro atoms. The summed E-state index contributed by atoms with van der Waals surface area (Å²) in [5.74, 6) is 2.69. The summed E-state index contributed by atoms with van der Waals surface area (Å²) in [4.78, 5) is 4.26. The Kier molecular flexibility index (Phi) is 4.81. The number of aliphatic hydroxyl groups excluding tert-OH is 1. The maximum atomic E-state index is 10.2. The molecule has 2 fully saturated rings. The molecule has 2 bridgehead atoms. The highest BCUT2D eigenvalue weighted by Gasteiger charge is 2.57. The van der Waals surface area contributed by atoms with Crippen LogP contribution in [0.3, 0.4) is 0 Å². The second kappa shape index (κ2) is 6.50. The lowest BCUT2D eigenvalue weighted by molar-refractivity contribution is -0.0506. The molecule has 0 saturated heterocycles. The molecule has 22 heavy (non-hydrogen) atoms. The summed E-state index contributed by atoms with van der Waals surface area (Å²) in [5, 5.41) is 11.1. The largest absolute Gasteiger partial charge is 0.390 e. The number of nitrogens with zero attached hydrogens (tertiary/aromatic N) is 1. The zero-order valence-electron chi connectivity index (χ0n) is 13.7. The van der Waals surface area contributed by atoms with Crippen molar-refractivity contribution in [3.8, 4) is 0 Å². The molecule has 3 nitrogen and oxygen atoms in total. The molecule has 2 aliphatic rings. The highest BCUT2D eigenvalue weighted by molar-refractivity contribution is 7.99. The lowest BCUT2D eigenvalue weighted by Crippen LogP contribution is -2.32. The normalized spacial score (nSPS) is 34.0. The summed E-state index contributed by atoms with van der Waals surface area (Å²) in [5.41, 5.74) is 0.401. The fraction of sp³-hybridized carbons (Fsp3) is 0.722. The van der Waals surface area contributed by atoms with Crippen LogP contribution in [-0.2, 0) is 4.74 Å². The predicted octanol–water partition coefficient (Wildman–Crippen LogP) is 3.62. The number of rotatable bonds is 6. The fourth-order valence-electron chi connectivity index (χ4n) is 4.65. The van der Waals surface area contributed by atoms with Crippen molar-refractivity contribution < 1.29 is 9.84 Å². The average molecular weight is 321 g/mol. The van der Waals surface area contributed by atoms with Gasteiger partial charge in [0.2, 0.25) is 0 Å². The number of thioether (sulfide) groups is 1. The van der Waals surface area contributed by atoms with Gasteiger partial charge < -0.3 is 9.84 Å². The second-order valence-electron chi connectivity index (χ2n) is 7.40. The van der Waals surface area contributed by atoms with Crippen LogP contribution in [0.1, 0.15) is 33.6 Å². The van der Waals surface area contributed by atoms with Crippen molar-refractivity contribution in [1.29, 1.82) is 0 Å². The molecule has 0 amide bonds. The van der Waals surface area contributed by atoms with Gasteiger partial charge in [-0.15, -0.1) is 11.8 Å². The number of hydrogen-bond acceptors (Lipinski definition) is 4. The Labute approximate surface area is 137 Å². The first kappa shape index (κ1) is 16.3. The van der Waals surface area contributed by atoms with E-state index in [-0.39, 0.29) is 0 Å². The van der Waals surface area contributed by atoms with Crippen LogP contribution in [0.4, 0.5) is 0 Å². The molecule has 0 aromatic carbocycles. The summed E-state index contributed by atoms with van der Waals surface area (Å²) in [7, 11) is 0. The van der Waals surface area contributed by atoms with Crippen molar-refractivity contribution in [3.63, 3.8) is 0 Å². The van der Waals surface area contributed by atoms with E-state index in [0.717, 1.165) is 10.9 Å². The fourth-order valence-corrected chi connectivity index (χ4v) is 5.42. The van der Waals surface area contributed by atoms with E-state index in [0.29, 0.717) is 35.7 Å². The summed E-state index contributed by atoms with van der Waals surface area (Å²) in [6.45, 7) is 7.55. The van der Waals surface area contributed by atoms with E-state index in [1.165, 1.54) is 12.8 Å². The molecule has 1 aromatic heterocycles. The molecular formula is C18H27NO2S. The van der Waals surface area contributed by atoms with Crippen LogP contribution in [0.15, 0.2) is 29.4 Å². The smallest absolute Gasteiger partial charge is 0.0960 e. The van der Waals surface area contributed by atoms with Crippen LogP contribution in [0.2, 0.25) is 0 Å². The number of aliphatic hydroxyl groups is 1. The average Bonchev–Trinajstić information content (AvgIpc) is 2.90. The molecule has 0 unspecified atom stereocenters. The Bertz CT molecular complexity index is 493. The van der Waals surface area contributed by atoms with Gasteiger partial charge in [-0.25, -0.2) is 4.98 Å². The second-order valence-corrected chi connectivity index (χ2v) is 8.44. The zero-order valence-corrected chi connectivity index (χ0v) is 14.6. The first-order chi connectivity index (χ1) is 10.5. The van der Waals surface area contributed by atoms with Crippen LogP contribution in [0.25, 0.3) is 0 Å². The molecule has 0 aliphatic heterocycles. The van der Waals surface area contributed by atoms with Gasteiger partial charge in [-0.1, -0.05) is 26.8 Å². The minimum Gasteiger partial charge on any atom is -0.390 e. The van der Waals surface area contributed by atoms with Gasteiger partial charge in [0.05, 0.1) is 23.8 Å². The third-order valence-electron chi connectivity index (χ3n) is 5.79. The Morgan fingerprint density at radius 3 is 2.77 bits per heavy atom. The zero-order chi connectivity index (χ0) is 15.7. The molecule has 2 aliphatic carbocycles. The Morgan fingerprint density at radius 2 is 2.14 bits per heavy atom. The summed E-state index contributed by atoms with van der Waals surface area (Å²) in [6, 6.07) is 5.85. The molecular weight excluding hydrogens is 294 g/mol. The molecule has 4 heteroatoms. The van der Waals surface area contributed by atoms with Gasteiger partial charge in [-0.3, -0.25) is 0 Å². The van der Waals surface area contributed by atoms with Gasteiger partial charge in [0.25, 0.3) is 0 Å². The predicted molar refractivity (Wildman–Crippen MR) is 89.9 cm³/mol. The lowest BCUT2D eigenvalue weighted by atomic mass is 9.80. The molecule has 5 atom stereocenters. The van der Waals surface area contributed by atoms with Gasteiger partial charge in [-0.05, 0) is 48.1 Å². The summed E-state index contributed by atoms with van der Waals surface area (Å²) in [6.07, 6.45) is 4.30. The maximum absolute atomic E-state index is 10.2. The molecule has 1 heterocycles. The van der Waals surface area contributed by atoms with Gasteiger partial charge in [-0.2, -0.15) is 0 Å². The van der Waals surface area contributed by atoms with Crippen LogP contribution in [0.5, 0.6) is 0 Å². The van der Waals surface area contributed by atoms with Crippen molar-refractivity contribution in [1.82, 2.24) is 4.98 Å². The van der Waals surface area contributed by atoms with Crippen LogP contribution < -0.4 is 0 Å². The minimum atomic E-state index is -0.429. The quantitative estimate of drug-likeness (QED) is 0.813. The third kappa shape index (κ3) is 3.06. The first-order valence-corrected chi connectivity index (χ1v) is 9.32. The van der Waals surface area contributed by atoms with E-state index in [4.69, 9.17) is 4.74 Å². The summed E-state index contributed by atoms with van der Waals surface area (Å²) >= 11 is 1.59. The van der Waals surface area contributed by atoms with Crippen LogP contribution >= 0.6 is 11.8 Å². The molecule has 3 rings (SSSR count). The van der Waals surface area contributed by atoms with E-state index in [1.54, 1.807) is 18.0 Å². The maximum Gasteiger partial charge on any atom is 0.0960 e. The van der Waals surface area contributed by atoms with Gasteiger partial charge in [0.15, 0.2) is 0 Å². The Balaban J connectivity index is 1.47. The van der Waals surface area contributed by atoms with Crippen LogP contribution in [-0.4, -0.2) is 34.7 Å². The number of hydrogen-bond donors (Lipinski definition) is 1. The van der Waals surface area contributed by atoms with Crippen LogP contribution in [0, 0.1) is 23.2 Å². The number of pyridine rings is 1. The topological polar surface area (TPSA) is 42.4 Å². The van der Waals surface area contributed by atoms with Crippen molar-refractivity contribution in [2.45, 2.75) is 50.8 Å². The van der Waals surface area contributed by atoms with Gasteiger partial charge in [0, 0.05) is 11.9 Å². The Morgan fingerprint density at radius 1 is 1.36 bits per heavy atom. The minimum absolute atomic E-state index is 0.322.